The molecule has 116 valence electrons. The lowest BCUT2D eigenvalue weighted by molar-refractivity contribution is 0.0306. The molecule has 2 aliphatic carbocycles. The highest BCUT2D eigenvalue weighted by Gasteiger charge is 2.50. The number of hydrogen-bond acceptors (Lipinski definition) is 2. The van der Waals surface area contributed by atoms with E-state index in [-0.39, 0.29) is 5.54 Å². The molecule has 1 atom stereocenters. The fraction of sp³-hybridized carbons (Fsp3) is 0.737. The van der Waals surface area contributed by atoms with Gasteiger partial charge in [0.05, 0.1) is 0 Å². The molecule has 21 heavy (non-hydrogen) atoms. The summed E-state index contributed by atoms with van der Waals surface area (Å²) in [6.45, 7) is 9.55. The molecule has 2 nitrogen and oxygen atoms in total. The van der Waals surface area contributed by atoms with Crippen molar-refractivity contribution in [1.29, 1.82) is 0 Å². The third-order valence-corrected chi connectivity index (χ3v) is 5.46. The third kappa shape index (κ3) is 2.88. The van der Waals surface area contributed by atoms with Gasteiger partial charge in [0, 0.05) is 23.3 Å². The molecule has 0 bridgehead atoms. The van der Waals surface area contributed by atoms with Gasteiger partial charge in [0.15, 0.2) is 0 Å². The van der Waals surface area contributed by atoms with Gasteiger partial charge in [0.2, 0.25) is 0 Å². The van der Waals surface area contributed by atoms with Crippen LogP contribution >= 0.6 is 0 Å². The second-order valence-corrected chi connectivity index (χ2v) is 9.08. The summed E-state index contributed by atoms with van der Waals surface area (Å²) in [6.07, 6.45) is 9.06. The Balaban J connectivity index is 1.99. The summed E-state index contributed by atoms with van der Waals surface area (Å²) in [5.41, 5.74) is 10.3. The summed E-state index contributed by atoms with van der Waals surface area (Å²) in [5, 5.41) is 0. The van der Waals surface area contributed by atoms with Crippen LogP contribution in [-0.4, -0.2) is 10.5 Å². The number of pyridine rings is 1. The molecule has 0 spiro atoms. The van der Waals surface area contributed by atoms with Crippen molar-refractivity contribution in [3.8, 4) is 0 Å². The number of nitrogens with zero attached hydrogens (tertiary/aromatic N) is 1. The predicted octanol–water partition coefficient (Wildman–Crippen LogP) is 4.44. The Morgan fingerprint density at radius 3 is 2.43 bits per heavy atom. The van der Waals surface area contributed by atoms with Crippen molar-refractivity contribution in [3.63, 3.8) is 0 Å². The normalized spacial score (nSPS) is 29.7. The monoisotopic (exact) mass is 286 g/mol. The lowest BCUT2D eigenvalue weighted by Crippen LogP contribution is -2.56. The maximum atomic E-state index is 7.06. The first kappa shape index (κ1) is 15.0. The van der Waals surface area contributed by atoms with Crippen LogP contribution in [0.15, 0.2) is 18.3 Å². The van der Waals surface area contributed by atoms with E-state index < -0.39 is 0 Å². The molecule has 1 heterocycles. The largest absolute Gasteiger partial charge is 0.324 e. The van der Waals surface area contributed by atoms with E-state index in [0.717, 1.165) is 12.8 Å². The van der Waals surface area contributed by atoms with Gasteiger partial charge in [-0.05, 0) is 61.0 Å². The molecular formula is C19H30N2. The molecule has 3 rings (SSSR count). The van der Waals surface area contributed by atoms with Crippen LogP contribution in [0.25, 0.3) is 0 Å². The minimum atomic E-state index is -0.102. The first-order chi connectivity index (χ1) is 9.71. The molecule has 1 fully saturated rings. The molecule has 2 aliphatic rings. The van der Waals surface area contributed by atoms with E-state index in [0.29, 0.717) is 16.7 Å². The highest BCUT2D eigenvalue weighted by Crippen LogP contribution is 2.54. The number of rotatable bonds is 1. The molecule has 0 amide bonds. The van der Waals surface area contributed by atoms with Crippen LogP contribution in [0, 0.1) is 10.8 Å². The Kier molecular flexibility index (Phi) is 3.44. The van der Waals surface area contributed by atoms with Gasteiger partial charge in [-0.3, -0.25) is 4.98 Å². The molecule has 1 aromatic heterocycles. The standard InChI is InChI=1S/C19H30N2/c1-17(2)11-18(3,4)13-19(20,12-17)15-9-5-7-14-8-6-10-21-16(14)15/h6,8,10,15H,5,7,9,11-13,20H2,1-4H3. The quantitative estimate of drug-likeness (QED) is 0.829. The van der Waals surface area contributed by atoms with Gasteiger partial charge in [-0.15, -0.1) is 0 Å². The van der Waals surface area contributed by atoms with Crippen LogP contribution in [0.3, 0.4) is 0 Å². The van der Waals surface area contributed by atoms with Crippen LogP contribution in [0.5, 0.6) is 0 Å². The van der Waals surface area contributed by atoms with Crippen LogP contribution in [0.2, 0.25) is 0 Å². The highest BCUT2D eigenvalue weighted by atomic mass is 14.8. The SMILES string of the molecule is CC1(C)CC(C)(C)CC(N)(C2CCCc3cccnc32)C1. The number of nitrogens with two attached hydrogens (primary N) is 1. The summed E-state index contributed by atoms with van der Waals surface area (Å²) in [4.78, 5) is 4.74. The number of fused-ring (bicyclic) bond motifs is 1. The summed E-state index contributed by atoms with van der Waals surface area (Å²) in [7, 11) is 0. The van der Waals surface area contributed by atoms with E-state index in [9.17, 15) is 0 Å². The van der Waals surface area contributed by atoms with Crippen LogP contribution in [0.4, 0.5) is 0 Å². The van der Waals surface area contributed by atoms with Crippen LogP contribution in [-0.2, 0) is 6.42 Å². The molecule has 1 aromatic rings. The molecule has 0 aliphatic heterocycles. The van der Waals surface area contributed by atoms with Crippen LogP contribution < -0.4 is 5.73 Å². The Labute approximate surface area is 129 Å². The van der Waals surface area contributed by atoms with E-state index in [1.807, 2.05) is 6.20 Å². The van der Waals surface area contributed by atoms with Crippen molar-refractivity contribution >= 4 is 0 Å². The molecule has 1 unspecified atom stereocenters. The minimum Gasteiger partial charge on any atom is -0.324 e. The molecule has 2 heteroatoms. The molecule has 0 saturated heterocycles. The smallest absolute Gasteiger partial charge is 0.0484 e. The zero-order chi connectivity index (χ0) is 15.3. The van der Waals surface area contributed by atoms with Gasteiger partial charge in [-0.25, -0.2) is 0 Å². The molecular weight excluding hydrogens is 256 g/mol. The van der Waals surface area contributed by atoms with E-state index in [2.05, 4.69) is 39.8 Å². The lowest BCUT2D eigenvalue weighted by atomic mass is 9.54. The van der Waals surface area contributed by atoms with Crippen molar-refractivity contribution in [2.75, 3.05) is 0 Å². The zero-order valence-electron chi connectivity index (χ0n) is 14.1. The van der Waals surface area contributed by atoms with E-state index in [4.69, 9.17) is 10.7 Å². The van der Waals surface area contributed by atoms with Crippen molar-refractivity contribution in [3.05, 3.63) is 29.6 Å². The van der Waals surface area contributed by atoms with Gasteiger partial charge >= 0.3 is 0 Å². The average Bonchev–Trinajstić information content (AvgIpc) is 2.33. The average molecular weight is 286 g/mol. The van der Waals surface area contributed by atoms with Gasteiger partial charge in [0.1, 0.15) is 0 Å². The molecule has 0 aromatic carbocycles. The van der Waals surface area contributed by atoms with Gasteiger partial charge in [-0.2, -0.15) is 0 Å². The van der Waals surface area contributed by atoms with Gasteiger partial charge < -0.3 is 5.73 Å². The van der Waals surface area contributed by atoms with Crippen molar-refractivity contribution < 1.29 is 0 Å². The summed E-state index contributed by atoms with van der Waals surface area (Å²) >= 11 is 0. The van der Waals surface area contributed by atoms with Crippen molar-refractivity contribution in [2.24, 2.45) is 16.6 Å². The zero-order valence-corrected chi connectivity index (χ0v) is 14.1. The summed E-state index contributed by atoms with van der Waals surface area (Å²) < 4.78 is 0. The fourth-order valence-corrected chi connectivity index (χ4v) is 5.68. The lowest BCUT2D eigenvalue weighted by Gasteiger charge is -2.54. The third-order valence-electron chi connectivity index (χ3n) is 5.46. The first-order valence-electron chi connectivity index (χ1n) is 8.44. The van der Waals surface area contributed by atoms with E-state index in [1.54, 1.807) is 0 Å². The Hall–Kier alpha value is -0.890. The molecule has 1 saturated carbocycles. The summed E-state index contributed by atoms with van der Waals surface area (Å²) in [5.74, 6) is 0.432. The number of hydrogen-bond donors (Lipinski definition) is 1. The van der Waals surface area contributed by atoms with E-state index in [1.165, 1.54) is 36.9 Å². The Morgan fingerprint density at radius 2 is 1.76 bits per heavy atom. The number of aryl methyl sites for hydroxylation is 1. The topological polar surface area (TPSA) is 38.9 Å². The second kappa shape index (κ2) is 4.81. The predicted molar refractivity (Wildman–Crippen MR) is 88.2 cm³/mol. The second-order valence-electron chi connectivity index (χ2n) is 9.08. The van der Waals surface area contributed by atoms with Gasteiger partial charge in [-0.1, -0.05) is 33.8 Å². The first-order valence-corrected chi connectivity index (χ1v) is 8.44. The highest BCUT2D eigenvalue weighted by molar-refractivity contribution is 5.30. The van der Waals surface area contributed by atoms with E-state index >= 15 is 0 Å². The maximum absolute atomic E-state index is 7.06. The Bertz CT molecular complexity index is 514. The van der Waals surface area contributed by atoms with Crippen LogP contribution in [0.1, 0.15) is 77.0 Å². The Morgan fingerprint density at radius 1 is 1.10 bits per heavy atom. The van der Waals surface area contributed by atoms with Gasteiger partial charge in [0.25, 0.3) is 0 Å². The molecule has 0 radical (unpaired) electrons. The van der Waals surface area contributed by atoms with Crippen molar-refractivity contribution in [2.45, 2.75) is 77.7 Å². The molecule has 2 N–H and O–H groups in total. The maximum Gasteiger partial charge on any atom is 0.0484 e. The fourth-order valence-electron chi connectivity index (χ4n) is 5.68. The summed E-state index contributed by atoms with van der Waals surface area (Å²) in [6, 6.07) is 4.32. The van der Waals surface area contributed by atoms with Crippen molar-refractivity contribution in [1.82, 2.24) is 4.98 Å². The minimum absolute atomic E-state index is 0.102. The number of aromatic nitrogens is 1.